The van der Waals surface area contributed by atoms with Gasteiger partial charge in [0.15, 0.2) is 0 Å². The predicted molar refractivity (Wildman–Crippen MR) is 88.8 cm³/mol. The molecule has 112 valence electrons. The molecule has 0 radical (unpaired) electrons. The van der Waals surface area contributed by atoms with Gasteiger partial charge in [-0.3, -0.25) is 4.79 Å². The monoisotopic (exact) mass is 329 g/mol. The first-order chi connectivity index (χ1) is 10.7. The molecule has 0 fully saturated rings. The van der Waals surface area contributed by atoms with Crippen molar-refractivity contribution in [2.24, 2.45) is 5.73 Å². The van der Waals surface area contributed by atoms with E-state index >= 15 is 0 Å². The van der Waals surface area contributed by atoms with Crippen molar-refractivity contribution in [3.05, 3.63) is 34.2 Å². The Labute approximate surface area is 137 Å². The molecule has 1 aliphatic rings. The van der Waals surface area contributed by atoms with E-state index in [0.717, 1.165) is 41.8 Å². The quantitative estimate of drug-likeness (QED) is 0.874. The van der Waals surface area contributed by atoms with Gasteiger partial charge < -0.3 is 5.73 Å². The number of primary amides is 1. The summed E-state index contributed by atoms with van der Waals surface area (Å²) in [5, 5.41) is 12.2. The van der Waals surface area contributed by atoms with Crippen molar-refractivity contribution in [3.8, 4) is 16.6 Å². The average Bonchev–Trinajstić information content (AvgIpc) is 3.05. The largest absolute Gasteiger partial charge is 0.369 e. The Hall–Kier alpha value is -1.84. The standard InChI is InChI=1S/C16H15N3OS2/c17-8-12-10-4-1-2-5-11(10)15(13-6-3-7-21-13)19-16(12)22-9-14(18)20/h3,6-7H,1-2,4-5,9H2,(H2,18,20). The molecule has 6 heteroatoms. The second-order valence-electron chi connectivity index (χ2n) is 5.15. The van der Waals surface area contributed by atoms with Crippen LogP contribution in [-0.4, -0.2) is 16.6 Å². The molecule has 1 aliphatic carbocycles. The van der Waals surface area contributed by atoms with Crippen molar-refractivity contribution in [2.75, 3.05) is 5.75 Å². The minimum atomic E-state index is -0.397. The minimum absolute atomic E-state index is 0.143. The summed E-state index contributed by atoms with van der Waals surface area (Å²) in [6, 6.07) is 6.35. The molecule has 2 aromatic rings. The lowest BCUT2D eigenvalue weighted by atomic mass is 9.88. The van der Waals surface area contributed by atoms with Crippen LogP contribution >= 0.6 is 23.1 Å². The highest BCUT2D eigenvalue weighted by Crippen LogP contribution is 2.37. The molecule has 2 aromatic heterocycles. The minimum Gasteiger partial charge on any atom is -0.369 e. The van der Waals surface area contributed by atoms with Crippen LogP contribution < -0.4 is 5.73 Å². The van der Waals surface area contributed by atoms with E-state index in [1.807, 2.05) is 11.4 Å². The zero-order valence-corrected chi connectivity index (χ0v) is 13.6. The Morgan fingerprint density at radius 2 is 2.18 bits per heavy atom. The maximum Gasteiger partial charge on any atom is 0.227 e. The summed E-state index contributed by atoms with van der Waals surface area (Å²) in [6.45, 7) is 0. The van der Waals surface area contributed by atoms with E-state index in [1.54, 1.807) is 11.3 Å². The van der Waals surface area contributed by atoms with Crippen LogP contribution in [0.15, 0.2) is 22.5 Å². The summed E-state index contributed by atoms with van der Waals surface area (Å²) in [4.78, 5) is 16.9. The van der Waals surface area contributed by atoms with Crippen LogP contribution in [0.5, 0.6) is 0 Å². The predicted octanol–water partition coefficient (Wildman–Crippen LogP) is 3.14. The maximum absolute atomic E-state index is 11.1. The summed E-state index contributed by atoms with van der Waals surface area (Å²) in [5.74, 6) is -0.254. The van der Waals surface area contributed by atoms with Gasteiger partial charge in [-0.25, -0.2) is 4.98 Å². The van der Waals surface area contributed by atoms with E-state index in [4.69, 9.17) is 10.7 Å². The third-order valence-corrected chi connectivity index (χ3v) is 5.57. The summed E-state index contributed by atoms with van der Waals surface area (Å²) in [6.07, 6.45) is 4.09. The highest BCUT2D eigenvalue weighted by Gasteiger charge is 2.23. The van der Waals surface area contributed by atoms with E-state index in [2.05, 4.69) is 12.1 Å². The molecule has 0 saturated heterocycles. The smallest absolute Gasteiger partial charge is 0.227 e. The summed E-state index contributed by atoms with van der Waals surface area (Å²) in [7, 11) is 0. The zero-order chi connectivity index (χ0) is 15.5. The van der Waals surface area contributed by atoms with E-state index < -0.39 is 5.91 Å². The topological polar surface area (TPSA) is 79.8 Å². The van der Waals surface area contributed by atoms with Crippen molar-refractivity contribution in [1.82, 2.24) is 4.98 Å². The number of hydrogen-bond donors (Lipinski definition) is 1. The van der Waals surface area contributed by atoms with Crippen LogP contribution in [0.3, 0.4) is 0 Å². The molecule has 0 unspecified atom stereocenters. The van der Waals surface area contributed by atoms with Gasteiger partial charge in [0.05, 0.1) is 21.9 Å². The first-order valence-corrected chi connectivity index (χ1v) is 8.98. The van der Waals surface area contributed by atoms with Crippen molar-refractivity contribution in [3.63, 3.8) is 0 Å². The van der Waals surface area contributed by atoms with Gasteiger partial charge in [-0.15, -0.1) is 11.3 Å². The molecular formula is C16H15N3OS2. The Balaban J connectivity index is 2.16. The van der Waals surface area contributed by atoms with Gasteiger partial charge in [0.2, 0.25) is 5.91 Å². The molecule has 0 aliphatic heterocycles. The Kier molecular flexibility index (Phi) is 4.46. The SMILES string of the molecule is N#Cc1c(SCC(N)=O)nc(-c2cccs2)c2c1CCCC2. The molecule has 0 aromatic carbocycles. The molecule has 1 amide bonds. The molecule has 0 bridgehead atoms. The number of fused-ring (bicyclic) bond motifs is 1. The number of pyridine rings is 1. The number of carbonyl (C=O) groups excluding carboxylic acids is 1. The molecule has 2 N–H and O–H groups in total. The molecule has 0 atom stereocenters. The fourth-order valence-corrected chi connectivity index (χ4v) is 4.26. The number of aromatic nitrogens is 1. The highest BCUT2D eigenvalue weighted by molar-refractivity contribution is 8.00. The van der Waals surface area contributed by atoms with E-state index in [9.17, 15) is 10.1 Å². The first-order valence-electron chi connectivity index (χ1n) is 7.11. The first kappa shape index (κ1) is 15.1. The molecule has 3 rings (SSSR count). The van der Waals surface area contributed by atoms with Gasteiger partial charge in [-0.2, -0.15) is 5.26 Å². The van der Waals surface area contributed by atoms with E-state index in [0.29, 0.717) is 10.6 Å². The van der Waals surface area contributed by atoms with Crippen LogP contribution in [0.2, 0.25) is 0 Å². The molecular weight excluding hydrogens is 314 g/mol. The van der Waals surface area contributed by atoms with Gasteiger partial charge in [-0.1, -0.05) is 17.8 Å². The summed E-state index contributed by atoms with van der Waals surface area (Å²) in [5.41, 5.74) is 9.14. The number of nitriles is 1. The normalized spacial score (nSPS) is 13.4. The lowest BCUT2D eigenvalue weighted by Crippen LogP contribution is -2.14. The zero-order valence-electron chi connectivity index (χ0n) is 12.0. The molecule has 4 nitrogen and oxygen atoms in total. The van der Waals surface area contributed by atoms with Crippen LogP contribution in [0.4, 0.5) is 0 Å². The fourth-order valence-electron chi connectivity index (χ4n) is 2.77. The number of nitrogens with two attached hydrogens (primary N) is 1. The highest BCUT2D eigenvalue weighted by atomic mass is 32.2. The number of hydrogen-bond acceptors (Lipinski definition) is 5. The van der Waals surface area contributed by atoms with Crippen LogP contribution in [0.25, 0.3) is 10.6 Å². The number of thioether (sulfide) groups is 1. The van der Waals surface area contributed by atoms with Crippen LogP contribution in [0.1, 0.15) is 29.5 Å². The second-order valence-corrected chi connectivity index (χ2v) is 7.06. The van der Waals surface area contributed by atoms with Crippen molar-refractivity contribution >= 4 is 29.0 Å². The van der Waals surface area contributed by atoms with E-state index in [1.165, 1.54) is 17.3 Å². The van der Waals surface area contributed by atoms with Crippen molar-refractivity contribution < 1.29 is 4.79 Å². The summed E-state index contributed by atoms with van der Waals surface area (Å²) >= 11 is 2.91. The van der Waals surface area contributed by atoms with Gasteiger partial charge in [0, 0.05) is 0 Å². The van der Waals surface area contributed by atoms with Gasteiger partial charge >= 0.3 is 0 Å². The third kappa shape index (κ3) is 2.87. The number of rotatable bonds is 4. The molecule has 0 saturated carbocycles. The summed E-state index contributed by atoms with van der Waals surface area (Å²) < 4.78 is 0. The number of thiophene rings is 1. The third-order valence-electron chi connectivity index (χ3n) is 3.70. The van der Waals surface area contributed by atoms with Gasteiger partial charge in [-0.05, 0) is 48.3 Å². The molecule has 0 spiro atoms. The fraction of sp³-hybridized carbons (Fsp3) is 0.312. The maximum atomic E-state index is 11.1. The van der Waals surface area contributed by atoms with Crippen LogP contribution in [0, 0.1) is 11.3 Å². The lowest BCUT2D eigenvalue weighted by Gasteiger charge is -2.21. The van der Waals surface area contributed by atoms with Gasteiger partial charge in [0.1, 0.15) is 11.1 Å². The molecule has 22 heavy (non-hydrogen) atoms. The Morgan fingerprint density at radius 1 is 1.41 bits per heavy atom. The number of nitrogens with zero attached hydrogens (tertiary/aromatic N) is 2. The lowest BCUT2D eigenvalue weighted by molar-refractivity contribution is -0.115. The second kappa shape index (κ2) is 6.51. The molecule has 2 heterocycles. The Bertz CT molecular complexity index is 748. The number of carbonyl (C=O) groups is 1. The van der Waals surface area contributed by atoms with Gasteiger partial charge in [0.25, 0.3) is 0 Å². The average molecular weight is 329 g/mol. The number of amides is 1. The van der Waals surface area contributed by atoms with Crippen LogP contribution in [-0.2, 0) is 17.6 Å². The van der Waals surface area contributed by atoms with Crippen molar-refractivity contribution in [2.45, 2.75) is 30.7 Å². The Morgan fingerprint density at radius 3 is 2.82 bits per heavy atom. The van der Waals surface area contributed by atoms with Crippen molar-refractivity contribution in [1.29, 1.82) is 5.26 Å². The van der Waals surface area contributed by atoms with E-state index in [-0.39, 0.29) is 5.75 Å².